The van der Waals surface area contributed by atoms with Crippen LogP contribution in [0.15, 0.2) is 41.6 Å². The molecule has 0 spiro atoms. The van der Waals surface area contributed by atoms with Crippen LogP contribution >= 0.6 is 11.8 Å². The van der Waals surface area contributed by atoms with Gasteiger partial charge in [-0.3, -0.25) is 14.9 Å². The Labute approximate surface area is 163 Å². The van der Waals surface area contributed by atoms with Crippen LogP contribution in [0.3, 0.4) is 0 Å². The summed E-state index contributed by atoms with van der Waals surface area (Å²) in [5.74, 6) is -0.893. The van der Waals surface area contributed by atoms with E-state index in [4.69, 9.17) is 0 Å². The molecule has 1 unspecified atom stereocenters. The van der Waals surface area contributed by atoms with Crippen LogP contribution in [0, 0.1) is 10.1 Å². The first-order valence-electron chi connectivity index (χ1n) is 7.65. The standard InChI is InChI=1S/C16H11F6N3O3S/c1-8(29-13-5-2-9(7-23-13)15(17,18)19)14(26)24-12-4-3-10(25(27)28)6-11(12)16(20,21)22/h2-8H,1H3,(H,24,26). The Bertz CT molecular complexity index is 916. The molecule has 2 aromatic rings. The fourth-order valence-corrected chi connectivity index (χ4v) is 2.86. The highest BCUT2D eigenvalue weighted by Gasteiger charge is 2.36. The molecule has 1 aromatic carbocycles. The molecule has 0 aliphatic carbocycles. The average Bonchev–Trinajstić information content (AvgIpc) is 2.60. The van der Waals surface area contributed by atoms with Gasteiger partial charge in [-0.1, -0.05) is 11.8 Å². The van der Waals surface area contributed by atoms with Gasteiger partial charge in [0, 0.05) is 18.3 Å². The van der Waals surface area contributed by atoms with Gasteiger partial charge in [0.15, 0.2) is 0 Å². The third-order valence-corrected chi connectivity index (χ3v) is 4.56. The number of pyridine rings is 1. The number of hydrogen-bond donors (Lipinski definition) is 1. The molecule has 0 bridgehead atoms. The second-order valence-electron chi connectivity index (χ2n) is 5.62. The van der Waals surface area contributed by atoms with Gasteiger partial charge >= 0.3 is 12.4 Å². The van der Waals surface area contributed by atoms with E-state index >= 15 is 0 Å². The molecular weight excluding hydrogens is 428 g/mol. The number of nitrogens with zero attached hydrogens (tertiary/aromatic N) is 2. The summed E-state index contributed by atoms with van der Waals surface area (Å²) in [7, 11) is 0. The minimum atomic E-state index is -4.96. The Balaban J connectivity index is 2.16. The molecule has 0 saturated heterocycles. The lowest BCUT2D eigenvalue weighted by molar-refractivity contribution is -0.385. The highest BCUT2D eigenvalue weighted by molar-refractivity contribution is 8.00. The topological polar surface area (TPSA) is 85.1 Å². The smallest absolute Gasteiger partial charge is 0.325 e. The summed E-state index contributed by atoms with van der Waals surface area (Å²) in [5.41, 5.74) is -3.86. The number of alkyl halides is 6. The van der Waals surface area contributed by atoms with Gasteiger partial charge in [0.05, 0.1) is 32.0 Å². The van der Waals surface area contributed by atoms with Crippen molar-refractivity contribution in [3.05, 3.63) is 57.8 Å². The first-order chi connectivity index (χ1) is 13.3. The van der Waals surface area contributed by atoms with Crippen molar-refractivity contribution < 1.29 is 36.1 Å². The van der Waals surface area contributed by atoms with E-state index < -0.39 is 50.9 Å². The lowest BCUT2D eigenvalue weighted by atomic mass is 10.1. The number of nitro groups is 1. The maximum absolute atomic E-state index is 13.1. The van der Waals surface area contributed by atoms with Crippen molar-refractivity contribution in [2.45, 2.75) is 29.6 Å². The average molecular weight is 439 g/mol. The maximum Gasteiger partial charge on any atom is 0.418 e. The van der Waals surface area contributed by atoms with Gasteiger partial charge in [-0.2, -0.15) is 26.3 Å². The Kier molecular flexibility index (Phi) is 6.40. The van der Waals surface area contributed by atoms with Gasteiger partial charge in [-0.15, -0.1) is 0 Å². The van der Waals surface area contributed by atoms with Crippen LogP contribution in [0.25, 0.3) is 0 Å². The van der Waals surface area contributed by atoms with Gasteiger partial charge in [0.25, 0.3) is 5.69 Å². The molecule has 1 atom stereocenters. The minimum absolute atomic E-state index is 0.0559. The predicted octanol–water partition coefficient (Wildman–Crippen LogP) is 5.15. The van der Waals surface area contributed by atoms with Crippen molar-refractivity contribution in [3.63, 3.8) is 0 Å². The number of halogens is 6. The fraction of sp³-hybridized carbons (Fsp3) is 0.250. The molecule has 0 radical (unpaired) electrons. The van der Waals surface area contributed by atoms with E-state index in [1.54, 1.807) is 0 Å². The molecule has 156 valence electrons. The number of hydrogen-bond acceptors (Lipinski definition) is 5. The molecule has 1 amide bonds. The second-order valence-corrected chi connectivity index (χ2v) is 6.98. The van der Waals surface area contributed by atoms with Crippen molar-refractivity contribution in [1.82, 2.24) is 4.98 Å². The molecule has 1 heterocycles. The molecular formula is C16H11F6N3O3S. The number of thioether (sulfide) groups is 1. The van der Waals surface area contributed by atoms with E-state index in [1.165, 1.54) is 6.92 Å². The number of carbonyl (C=O) groups is 1. The van der Waals surface area contributed by atoms with Gasteiger partial charge in [0.2, 0.25) is 5.91 Å². The minimum Gasteiger partial charge on any atom is -0.325 e. The monoisotopic (exact) mass is 439 g/mol. The quantitative estimate of drug-likeness (QED) is 0.302. The number of rotatable bonds is 5. The summed E-state index contributed by atoms with van der Waals surface area (Å²) < 4.78 is 77.0. The number of carbonyl (C=O) groups excluding carboxylic acids is 1. The van der Waals surface area contributed by atoms with Crippen LogP contribution in [0.4, 0.5) is 37.7 Å². The molecule has 0 aliphatic rings. The van der Waals surface area contributed by atoms with Crippen LogP contribution in [0.2, 0.25) is 0 Å². The number of amides is 1. The number of non-ortho nitro benzene ring substituents is 1. The normalized spacial score (nSPS) is 13.1. The highest BCUT2D eigenvalue weighted by Crippen LogP contribution is 2.37. The molecule has 6 nitrogen and oxygen atoms in total. The van der Waals surface area contributed by atoms with Crippen molar-refractivity contribution in [1.29, 1.82) is 0 Å². The van der Waals surface area contributed by atoms with E-state index in [0.717, 1.165) is 36.0 Å². The predicted molar refractivity (Wildman–Crippen MR) is 91.3 cm³/mol. The highest BCUT2D eigenvalue weighted by atomic mass is 32.2. The van der Waals surface area contributed by atoms with E-state index in [-0.39, 0.29) is 5.03 Å². The summed E-state index contributed by atoms with van der Waals surface area (Å²) >= 11 is 0.732. The summed E-state index contributed by atoms with van der Waals surface area (Å²) in [6.45, 7) is 1.32. The van der Waals surface area contributed by atoms with Gasteiger partial charge in [-0.25, -0.2) is 4.98 Å². The molecule has 1 N–H and O–H groups in total. The molecule has 0 aliphatic heterocycles. The Hall–Kier alpha value is -2.83. The van der Waals surface area contributed by atoms with Gasteiger partial charge < -0.3 is 5.32 Å². The summed E-state index contributed by atoms with van der Waals surface area (Å²) in [6.07, 6.45) is -8.96. The zero-order valence-electron chi connectivity index (χ0n) is 14.3. The lowest BCUT2D eigenvalue weighted by Gasteiger charge is -2.16. The van der Waals surface area contributed by atoms with Crippen molar-refractivity contribution >= 4 is 29.0 Å². The number of nitro benzene ring substituents is 1. The Morgan fingerprint density at radius 3 is 2.28 bits per heavy atom. The van der Waals surface area contributed by atoms with Crippen LogP contribution in [-0.4, -0.2) is 21.1 Å². The second kappa shape index (κ2) is 8.27. The number of aromatic nitrogens is 1. The van der Waals surface area contributed by atoms with Crippen molar-refractivity contribution in [3.8, 4) is 0 Å². The van der Waals surface area contributed by atoms with Crippen molar-refractivity contribution in [2.75, 3.05) is 5.32 Å². The Morgan fingerprint density at radius 1 is 1.14 bits per heavy atom. The van der Waals surface area contributed by atoms with Crippen LogP contribution in [0.5, 0.6) is 0 Å². The lowest BCUT2D eigenvalue weighted by Crippen LogP contribution is -2.24. The third kappa shape index (κ3) is 5.82. The fourth-order valence-electron chi connectivity index (χ4n) is 2.08. The number of nitrogens with one attached hydrogen (secondary N) is 1. The molecule has 0 fully saturated rings. The van der Waals surface area contributed by atoms with E-state index in [9.17, 15) is 41.3 Å². The van der Waals surface area contributed by atoms with Gasteiger partial charge in [0.1, 0.15) is 0 Å². The van der Waals surface area contributed by atoms with E-state index in [1.807, 2.05) is 5.32 Å². The number of benzene rings is 1. The number of anilines is 1. The molecule has 0 saturated carbocycles. The summed E-state index contributed by atoms with van der Waals surface area (Å²) in [4.78, 5) is 25.4. The van der Waals surface area contributed by atoms with E-state index in [0.29, 0.717) is 12.3 Å². The van der Waals surface area contributed by atoms with Crippen LogP contribution < -0.4 is 5.32 Å². The molecule has 13 heteroatoms. The zero-order chi connectivity index (χ0) is 22.0. The summed E-state index contributed by atoms with van der Waals surface area (Å²) in [6, 6.07) is 3.65. The zero-order valence-corrected chi connectivity index (χ0v) is 15.2. The SMILES string of the molecule is CC(Sc1ccc(C(F)(F)F)cn1)C(=O)Nc1ccc([N+](=O)[O-])cc1C(F)(F)F. The largest absolute Gasteiger partial charge is 0.418 e. The Morgan fingerprint density at radius 2 is 1.79 bits per heavy atom. The van der Waals surface area contributed by atoms with E-state index in [2.05, 4.69) is 4.98 Å². The molecule has 2 rings (SSSR count). The molecule has 29 heavy (non-hydrogen) atoms. The van der Waals surface area contributed by atoms with Gasteiger partial charge in [-0.05, 0) is 25.1 Å². The van der Waals surface area contributed by atoms with Crippen LogP contribution in [0.1, 0.15) is 18.1 Å². The first-order valence-corrected chi connectivity index (χ1v) is 8.53. The first kappa shape index (κ1) is 22.5. The maximum atomic E-state index is 13.1. The van der Waals surface area contributed by atoms with Crippen LogP contribution in [-0.2, 0) is 17.1 Å². The van der Waals surface area contributed by atoms with Crippen molar-refractivity contribution in [2.24, 2.45) is 0 Å². The third-order valence-electron chi connectivity index (χ3n) is 3.51. The molecule has 1 aromatic heterocycles. The summed E-state index contributed by atoms with van der Waals surface area (Å²) in [5, 5.41) is 11.7.